The second-order valence-electron chi connectivity index (χ2n) is 4.48. The molecule has 2 nitrogen and oxygen atoms in total. The molecule has 2 rings (SSSR count). The summed E-state index contributed by atoms with van der Waals surface area (Å²) in [6, 6.07) is 11.3. The number of ether oxygens (including phenoxy) is 2. The zero-order valence-electron chi connectivity index (χ0n) is 11.6. The van der Waals surface area contributed by atoms with Crippen LogP contribution >= 0.6 is 23.2 Å². The van der Waals surface area contributed by atoms with Gasteiger partial charge < -0.3 is 9.47 Å². The number of alkyl halides is 1. The molecule has 0 heterocycles. The molecule has 0 aliphatic rings. The Morgan fingerprint density at radius 1 is 0.950 bits per heavy atom. The Morgan fingerprint density at radius 2 is 1.60 bits per heavy atom. The van der Waals surface area contributed by atoms with Gasteiger partial charge in [0.1, 0.15) is 11.5 Å². The minimum Gasteiger partial charge on any atom is -0.496 e. The summed E-state index contributed by atoms with van der Waals surface area (Å²) < 4.78 is 10.6. The summed E-state index contributed by atoms with van der Waals surface area (Å²) in [5.41, 5.74) is 2.87. The molecule has 0 saturated heterocycles. The van der Waals surface area contributed by atoms with Crippen molar-refractivity contribution >= 4 is 23.2 Å². The van der Waals surface area contributed by atoms with Crippen LogP contribution in [0.15, 0.2) is 36.4 Å². The van der Waals surface area contributed by atoms with E-state index in [2.05, 4.69) is 0 Å². The van der Waals surface area contributed by atoms with E-state index in [0.29, 0.717) is 5.02 Å². The Bertz CT molecular complexity index is 611. The van der Waals surface area contributed by atoms with Crippen molar-refractivity contribution in [1.82, 2.24) is 0 Å². The summed E-state index contributed by atoms with van der Waals surface area (Å²) in [5, 5.41) is 0.310. The molecule has 4 heteroatoms. The molecule has 0 spiro atoms. The Labute approximate surface area is 129 Å². The highest BCUT2D eigenvalue weighted by Gasteiger charge is 2.17. The standard InChI is InChI=1S/C16H16Cl2O2/c1-10-8-11(4-6-14(10)19-2)16(18)13-9-12(17)5-7-15(13)20-3/h4-9,16H,1-3H3. The fourth-order valence-electron chi connectivity index (χ4n) is 2.14. The molecule has 0 saturated carbocycles. The first-order valence-electron chi connectivity index (χ1n) is 6.19. The van der Waals surface area contributed by atoms with Gasteiger partial charge >= 0.3 is 0 Å². The lowest BCUT2D eigenvalue weighted by atomic mass is 10.0. The third-order valence-corrected chi connectivity index (χ3v) is 3.90. The van der Waals surface area contributed by atoms with Crippen LogP contribution in [0.3, 0.4) is 0 Å². The van der Waals surface area contributed by atoms with Gasteiger partial charge in [0, 0.05) is 10.6 Å². The predicted molar refractivity (Wildman–Crippen MR) is 83.4 cm³/mol. The van der Waals surface area contributed by atoms with Crippen LogP contribution in [0.5, 0.6) is 11.5 Å². The number of rotatable bonds is 4. The van der Waals surface area contributed by atoms with Crippen molar-refractivity contribution in [3.8, 4) is 11.5 Å². The Hall–Kier alpha value is -1.38. The molecule has 0 fully saturated rings. The van der Waals surface area contributed by atoms with Gasteiger partial charge in [-0.05, 0) is 42.3 Å². The van der Waals surface area contributed by atoms with Gasteiger partial charge in [0.25, 0.3) is 0 Å². The lowest BCUT2D eigenvalue weighted by molar-refractivity contribution is 0.409. The SMILES string of the molecule is COc1ccc(C(Cl)c2cc(Cl)ccc2OC)cc1C. The van der Waals surface area contributed by atoms with Gasteiger partial charge in [-0.2, -0.15) is 0 Å². The van der Waals surface area contributed by atoms with Gasteiger partial charge in [0.2, 0.25) is 0 Å². The smallest absolute Gasteiger partial charge is 0.123 e. The van der Waals surface area contributed by atoms with E-state index in [1.54, 1.807) is 20.3 Å². The van der Waals surface area contributed by atoms with E-state index in [-0.39, 0.29) is 5.38 Å². The number of halogens is 2. The minimum atomic E-state index is -0.326. The van der Waals surface area contributed by atoms with E-state index in [1.165, 1.54) is 0 Å². The van der Waals surface area contributed by atoms with Gasteiger partial charge in [-0.1, -0.05) is 23.7 Å². The second kappa shape index (κ2) is 6.38. The van der Waals surface area contributed by atoms with Crippen molar-refractivity contribution in [3.63, 3.8) is 0 Å². The van der Waals surface area contributed by atoms with E-state index < -0.39 is 0 Å². The average molecular weight is 311 g/mol. The molecule has 0 aromatic heterocycles. The van der Waals surface area contributed by atoms with E-state index in [0.717, 1.165) is 28.2 Å². The Morgan fingerprint density at radius 3 is 2.20 bits per heavy atom. The van der Waals surface area contributed by atoms with Gasteiger partial charge in [-0.25, -0.2) is 0 Å². The third-order valence-electron chi connectivity index (χ3n) is 3.18. The van der Waals surface area contributed by atoms with Crippen LogP contribution in [-0.2, 0) is 0 Å². The highest BCUT2D eigenvalue weighted by atomic mass is 35.5. The first kappa shape index (κ1) is 15.0. The molecule has 0 amide bonds. The maximum atomic E-state index is 6.58. The molecule has 2 aromatic carbocycles. The topological polar surface area (TPSA) is 18.5 Å². The maximum absolute atomic E-state index is 6.58. The highest BCUT2D eigenvalue weighted by Crippen LogP contribution is 2.37. The number of aryl methyl sites for hydroxylation is 1. The summed E-state index contributed by atoms with van der Waals surface area (Å²) >= 11 is 12.6. The van der Waals surface area contributed by atoms with Crippen molar-refractivity contribution in [1.29, 1.82) is 0 Å². The Balaban J connectivity index is 2.43. The highest BCUT2D eigenvalue weighted by molar-refractivity contribution is 6.31. The molecule has 20 heavy (non-hydrogen) atoms. The van der Waals surface area contributed by atoms with Crippen LogP contribution < -0.4 is 9.47 Å². The van der Waals surface area contributed by atoms with Crippen LogP contribution in [0, 0.1) is 6.92 Å². The van der Waals surface area contributed by atoms with Crippen molar-refractivity contribution in [3.05, 3.63) is 58.1 Å². The summed E-state index contributed by atoms with van der Waals surface area (Å²) in [4.78, 5) is 0. The summed E-state index contributed by atoms with van der Waals surface area (Å²) in [7, 11) is 3.27. The number of benzene rings is 2. The van der Waals surface area contributed by atoms with Gasteiger partial charge in [-0.3, -0.25) is 0 Å². The van der Waals surface area contributed by atoms with Crippen molar-refractivity contribution in [2.45, 2.75) is 12.3 Å². The molecular formula is C16H16Cl2O2. The monoisotopic (exact) mass is 310 g/mol. The molecule has 0 N–H and O–H groups in total. The molecule has 2 aromatic rings. The van der Waals surface area contributed by atoms with Crippen LogP contribution in [-0.4, -0.2) is 14.2 Å². The predicted octanol–water partition coefficient (Wildman–Crippen LogP) is 4.99. The second-order valence-corrected chi connectivity index (χ2v) is 5.35. The zero-order chi connectivity index (χ0) is 14.7. The third kappa shape index (κ3) is 3.02. The first-order chi connectivity index (χ1) is 9.56. The van der Waals surface area contributed by atoms with Gasteiger partial charge in [0.05, 0.1) is 19.6 Å². The van der Waals surface area contributed by atoms with Crippen LogP contribution in [0.25, 0.3) is 0 Å². The number of hydrogen-bond acceptors (Lipinski definition) is 2. The average Bonchev–Trinajstić information content (AvgIpc) is 2.46. The van der Waals surface area contributed by atoms with Crippen molar-refractivity contribution in [2.75, 3.05) is 14.2 Å². The zero-order valence-corrected chi connectivity index (χ0v) is 13.1. The van der Waals surface area contributed by atoms with E-state index in [4.69, 9.17) is 32.7 Å². The molecule has 0 aliphatic heterocycles. The van der Waals surface area contributed by atoms with E-state index in [1.807, 2.05) is 37.3 Å². The van der Waals surface area contributed by atoms with Crippen molar-refractivity contribution < 1.29 is 9.47 Å². The molecule has 1 unspecified atom stereocenters. The fraction of sp³-hybridized carbons (Fsp3) is 0.250. The molecule has 1 atom stereocenters. The van der Waals surface area contributed by atoms with Crippen LogP contribution in [0.4, 0.5) is 0 Å². The molecule has 0 bridgehead atoms. The van der Waals surface area contributed by atoms with Gasteiger partial charge in [0.15, 0.2) is 0 Å². The fourth-order valence-corrected chi connectivity index (χ4v) is 2.63. The number of hydrogen-bond donors (Lipinski definition) is 0. The van der Waals surface area contributed by atoms with E-state index in [9.17, 15) is 0 Å². The quantitative estimate of drug-likeness (QED) is 0.740. The largest absolute Gasteiger partial charge is 0.496 e. The summed E-state index contributed by atoms with van der Waals surface area (Å²) in [5.74, 6) is 1.57. The van der Waals surface area contributed by atoms with Gasteiger partial charge in [-0.15, -0.1) is 11.6 Å². The van der Waals surface area contributed by atoms with Crippen LogP contribution in [0.1, 0.15) is 22.1 Å². The number of methoxy groups -OCH3 is 2. The lowest BCUT2D eigenvalue weighted by Crippen LogP contribution is -1.99. The summed E-state index contributed by atoms with van der Waals surface area (Å²) in [6.07, 6.45) is 0. The molecule has 106 valence electrons. The summed E-state index contributed by atoms with van der Waals surface area (Å²) in [6.45, 7) is 1.99. The Kier molecular flexibility index (Phi) is 4.79. The first-order valence-corrected chi connectivity index (χ1v) is 7.00. The molecule has 0 aliphatic carbocycles. The van der Waals surface area contributed by atoms with E-state index >= 15 is 0 Å². The minimum absolute atomic E-state index is 0.326. The molecule has 0 radical (unpaired) electrons. The molecular weight excluding hydrogens is 295 g/mol. The maximum Gasteiger partial charge on any atom is 0.123 e. The lowest BCUT2D eigenvalue weighted by Gasteiger charge is -2.16. The van der Waals surface area contributed by atoms with Crippen molar-refractivity contribution in [2.24, 2.45) is 0 Å². The van der Waals surface area contributed by atoms with Crippen LogP contribution in [0.2, 0.25) is 5.02 Å². The normalized spacial score (nSPS) is 12.1.